The first kappa shape index (κ1) is 15.4. The van der Waals surface area contributed by atoms with Crippen LogP contribution in [0.3, 0.4) is 0 Å². The number of para-hydroxylation sites is 1. The van der Waals surface area contributed by atoms with Crippen LogP contribution < -0.4 is 10.6 Å². The lowest BCUT2D eigenvalue weighted by Crippen LogP contribution is -2.64. The maximum atomic E-state index is 13.2. The van der Waals surface area contributed by atoms with Gasteiger partial charge in [0.2, 0.25) is 11.8 Å². The maximum Gasteiger partial charge on any atom is 0.247 e. The third-order valence-corrected chi connectivity index (χ3v) is 5.71. The van der Waals surface area contributed by atoms with Gasteiger partial charge in [-0.1, -0.05) is 48.5 Å². The molecule has 0 bridgehead atoms. The molecular weight excluding hydrogens is 330 g/mol. The van der Waals surface area contributed by atoms with Crippen LogP contribution in [0.1, 0.15) is 17.5 Å². The molecule has 0 saturated carbocycles. The fourth-order valence-electron chi connectivity index (χ4n) is 4.49. The number of carbonyl (C=O) groups excluding carboxylic acids is 2. The van der Waals surface area contributed by atoms with Crippen LogP contribution in [0, 0.1) is 0 Å². The summed E-state index contributed by atoms with van der Waals surface area (Å²) in [5, 5.41) is 17.4. The number of hydrogen-bond acceptors (Lipinski definition) is 4. The van der Waals surface area contributed by atoms with Crippen molar-refractivity contribution in [1.29, 1.82) is 0 Å². The van der Waals surface area contributed by atoms with Crippen molar-refractivity contribution >= 4 is 17.5 Å². The minimum Gasteiger partial charge on any atom is -0.381 e. The normalized spacial score (nSPS) is 31.7. The lowest BCUT2D eigenvalue weighted by Gasteiger charge is -2.37. The van der Waals surface area contributed by atoms with E-state index in [0.29, 0.717) is 6.42 Å². The summed E-state index contributed by atoms with van der Waals surface area (Å²) in [5.41, 5.74) is 1.31. The molecule has 2 aromatic carbocycles. The molecule has 3 aliphatic rings. The molecule has 0 aromatic heterocycles. The van der Waals surface area contributed by atoms with Crippen LogP contribution in [-0.2, 0) is 21.6 Å². The summed E-state index contributed by atoms with van der Waals surface area (Å²) in [7, 11) is 0. The first-order valence-electron chi connectivity index (χ1n) is 8.83. The lowest BCUT2D eigenvalue weighted by atomic mass is 9.91. The van der Waals surface area contributed by atoms with Gasteiger partial charge < -0.3 is 20.6 Å². The van der Waals surface area contributed by atoms with E-state index in [1.54, 1.807) is 4.90 Å². The number of rotatable bonds is 2. The molecule has 0 radical (unpaired) electrons. The first-order valence-corrected chi connectivity index (χ1v) is 8.83. The number of anilines is 1. The second-order valence-corrected chi connectivity index (χ2v) is 7.23. The Kier molecular flexibility index (Phi) is 3.15. The fourth-order valence-corrected chi connectivity index (χ4v) is 4.49. The van der Waals surface area contributed by atoms with Crippen molar-refractivity contribution in [3.63, 3.8) is 0 Å². The van der Waals surface area contributed by atoms with Crippen molar-refractivity contribution in [2.24, 2.45) is 0 Å². The molecule has 3 N–H and O–H groups in total. The Hall–Kier alpha value is -2.86. The molecule has 5 rings (SSSR count). The van der Waals surface area contributed by atoms with Crippen molar-refractivity contribution in [3.05, 3.63) is 65.7 Å². The van der Waals surface area contributed by atoms with Crippen molar-refractivity contribution in [1.82, 2.24) is 10.2 Å². The molecule has 6 nitrogen and oxygen atoms in total. The highest BCUT2D eigenvalue weighted by molar-refractivity contribution is 5.98. The summed E-state index contributed by atoms with van der Waals surface area (Å²) in [5.74, 6) is -0.354. The third kappa shape index (κ3) is 2.02. The van der Waals surface area contributed by atoms with Crippen molar-refractivity contribution < 1.29 is 14.7 Å². The molecule has 132 valence electrons. The van der Waals surface area contributed by atoms with Gasteiger partial charge in [-0.2, -0.15) is 0 Å². The van der Waals surface area contributed by atoms with Gasteiger partial charge >= 0.3 is 0 Å². The highest BCUT2D eigenvalue weighted by atomic mass is 16.3. The number of benzene rings is 2. The van der Waals surface area contributed by atoms with E-state index in [4.69, 9.17) is 0 Å². The van der Waals surface area contributed by atoms with E-state index < -0.39 is 23.9 Å². The second kappa shape index (κ2) is 5.32. The van der Waals surface area contributed by atoms with E-state index in [1.807, 2.05) is 54.6 Å². The Labute approximate surface area is 150 Å². The predicted molar refractivity (Wildman–Crippen MR) is 95.1 cm³/mol. The molecule has 2 aromatic rings. The van der Waals surface area contributed by atoms with Crippen molar-refractivity contribution in [3.8, 4) is 0 Å². The number of nitrogens with one attached hydrogen (secondary N) is 2. The monoisotopic (exact) mass is 349 g/mol. The highest BCUT2D eigenvalue weighted by Crippen LogP contribution is 2.49. The number of nitrogens with zero attached hydrogens (tertiary/aromatic N) is 1. The molecule has 3 aliphatic heterocycles. The van der Waals surface area contributed by atoms with Crippen molar-refractivity contribution in [2.75, 3.05) is 5.32 Å². The average molecular weight is 349 g/mol. The number of carbonyl (C=O) groups is 2. The summed E-state index contributed by atoms with van der Waals surface area (Å²) in [6.07, 6.45) is 0.0334. The molecule has 4 atom stereocenters. The topological polar surface area (TPSA) is 81.7 Å². The Morgan fingerprint density at radius 3 is 2.58 bits per heavy atom. The summed E-state index contributed by atoms with van der Waals surface area (Å²) in [6.45, 7) is 0. The first-order chi connectivity index (χ1) is 12.6. The zero-order chi connectivity index (χ0) is 17.9. The Morgan fingerprint density at radius 2 is 1.77 bits per heavy atom. The SMILES string of the molecule is O=C1N[C@@H](Cc2ccccc2)C(=O)N2[C@H]1C[C@@]1(O)c3ccccc3N[C@@H]21. The minimum absolute atomic E-state index is 0.153. The van der Waals surface area contributed by atoms with Gasteiger partial charge in [0.05, 0.1) is 0 Å². The maximum absolute atomic E-state index is 13.2. The number of piperazine rings is 1. The molecule has 0 aliphatic carbocycles. The number of hydrogen-bond donors (Lipinski definition) is 3. The van der Waals surface area contributed by atoms with Gasteiger partial charge in [-0.15, -0.1) is 0 Å². The van der Waals surface area contributed by atoms with E-state index in [2.05, 4.69) is 10.6 Å². The van der Waals surface area contributed by atoms with Gasteiger partial charge in [0.1, 0.15) is 23.9 Å². The van der Waals surface area contributed by atoms with Crippen LogP contribution in [-0.4, -0.2) is 40.1 Å². The quantitative estimate of drug-likeness (QED) is 0.755. The highest BCUT2D eigenvalue weighted by Gasteiger charge is 2.62. The largest absolute Gasteiger partial charge is 0.381 e. The predicted octanol–water partition coefficient (Wildman–Crippen LogP) is 0.968. The zero-order valence-electron chi connectivity index (χ0n) is 14.1. The van der Waals surface area contributed by atoms with Gasteiger partial charge in [-0.3, -0.25) is 9.59 Å². The molecule has 3 heterocycles. The molecule has 6 heteroatoms. The summed E-state index contributed by atoms with van der Waals surface area (Å²) < 4.78 is 0. The van der Waals surface area contributed by atoms with E-state index in [9.17, 15) is 14.7 Å². The molecule has 0 spiro atoms. The summed E-state index contributed by atoms with van der Waals surface area (Å²) in [6, 6.07) is 15.8. The Morgan fingerprint density at radius 1 is 1.04 bits per heavy atom. The average Bonchev–Trinajstić information content (AvgIpc) is 3.10. The van der Waals surface area contributed by atoms with Crippen LogP contribution in [0.5, 0.6) is 0 Å². The van der Waals surface area contributed by atoms with E-state index in [-0.39, 0.29) is 18.2 Å². The Bertz CT molecular complexity index is 900. The number of fused-ring (bicyclic) bond motifs is 5. The van der Waals surface area contributed by atoms with E-state index >= 15 is 0 Å². The van der Waals surface area contributed by atoms with Gasteiger partial charge in [0.25, 0.3) is 0 Å². The van der Waals surface area contributed by atoms with Gasteiger partial charge in [0, 0.05) is 24.1 Å². The van der Waals surface area contributed by atoms with Crippen LogP contribution in [0.4, 0.5) is 5.69 Å². The van der Waals surface area contributed by atoms with Crippen LogP contribution >= 0.6 is 0 Å². The van der Waals surface area contributed by atoms with E-state index in [1.165, 1.54) is 0 Å². The van der Waals surface area contributed by atoms with Crippen LogP contribution in [0.25, 0.3) is 0 Å². The standard InChI is InChI=1S/C20H19N3O3/c24-17-16-11-20(26)13-8-4-5-9-14(13)22-19(20)23(16)18(25)15(21-17)10-12-6-2-1-3-7-12/h1-9,15-16,19,22,26H,10-11H2,(H,21,24)/t15-,16-,19-,20+/m0/s1. The minimum atomic E-state index is -1.24. The van der Waals surface area contributed by atoms with Gasteiger partial charge in [0.15, 0.2) is 0 Å². The molecule has 2 fully saturated rings. The number of aliphatic hydroxyl groups is 1. The van der Waals surface area contributed by atoms with Gasteiger partial charge in [-0.05, 0) is 11.6 Å². The van der Waals surface area contributed by atoms with Crippen LogP contribution in [0.15, 0.2) is 54.6 Å². The van der Waals surface area contributed by atoms with Crippen LogP contribution in [0.2, 0.25) is 0 Å². The number of amides is 2. The van der Waals surface area contributed by atoms with E-state index in [0.717, 1.165) is 16.8 Å². The molecule has 2 saturated heterocycles. The fraction of sp³-hybridized carbons (Fsp3) is 0.300. The second-order valence-electron chi connectivity index (χ2n) is 7.23. The summed E-state index contributed by atoms with van der Waals surface area (Å²) in [4.78, 5) is 27.4. The zero-order valence-corrected chi connectivity index (χ0v) is 14.1. The smallest absolute Gasteiger partial charge is 0.247 e. The van der Waals surface area contributed by atoms with Gasteiger partial charge in [-0.25, -0.2) is 0 Å². The Balaban J connectivity index is 1.48. The third-order valence-electron chi connectivity index (χ3n) is 5.71. The molecule has 2 amide bonds. The lowest BCUT2D eigenvalue weighted by molar-refractivity contribution is -0.149. The molecule has 26 heavy (non-hydrogen) atoms. The van der Waals surface area contributed by atoms with Crippen molar-refractivity contribution in [2.45, 2.75) is 36.7 Å². The molecular formula is C20H19N3O3. The summed E-state index contributed by atoms with van der Waals surface area (Å²) >= 11 is 0. The molecule has 0 unspecified atom stereocenters.